The first-order valence-electron chi connectivity index (χ1n) is 6.80. The Labute approximate surface area is 140 Å². The average Bonchev–Trinajstić information content (AvgIpc) is 3.25. The number of rotatable bonds is 3. The molecule has 114 valence electrons. The van der Waals surface area contributed by atoms with E-state index >= 15 is 0 Å². The molecule has 0 spiro atoms. The molecular formula is C16H10ClN3O2S. The molecule has 0 aliphatic carbocycles. The maximum absolute atomic E-state index is 12.4. The van der Waals surface area contributed by atoms with Crippen LogP contribution < -0.4 is 5.32 Å². The van der Waals surface area contributed by atoms with Gasteiger partial charge in [-0.05, 0) is 23.7 Å². The van der Waals surface area contributed by atoms with Crippen molar-refractivity contribution in [3.05, 3.63) is 65.0 Å². The molecule has 1 amide bonds. The highest BCUT2D eigenvalue weighted by Gasteiger charge is 2.19. The molecule has 0 aliphatic heterocycles. The summed E-state index contributed by atoms with van der Waals surface area (Å²) < 4.78 is 7.00. The van der Waals surface area contributed by atoms with Crippen LogP contribution in [0.5, 0.6) is 0 Å². The summed E-state index contributed by atoms with van der Waals surface area (Å²) in [5.41, 5.74) is 1.64. The highest BCUT2D eigenvalue weighted by atomic mass is 35.5. The lowest BCUT2D eigenvalue weighted by atomic mass is 10.1. The van der Waals surface area contributed by atoms with E-state index in [1.165, 1.54) is 23.5 Å². The predicted octanol–water partition coefficient (Wildman–Crippen LogP) is 4.56. The van der Waals surface area contributed by atoms with Gasteiger partial charge in [-0.1, -0.05) is 30.3 Å². The zero-order valence-electron chi connectivity index (χ0n) is 11.7. The van der Waals surface area contributed by atoms with Crippen LogP contribution in [0.1, 0.15) is 10.6 Å². The number of aromatic nitrogens is 2. The number of thiazole rings is 1. The van der Waals surface area contributed by atoms with E-state index in [-0.39, 0.29) is 16.9 Å². The lowest BCUT2D eigenvalue weighted by molar-refractivity contribution is 0.0996. The van der Waals surface area contributed by atoms with Crippen LogP contribution in [0.25, 0.3) is 16.2 Å². The van der Waals surface area contributed by atoms with E-state index in [4.69, 9.17) is 16.0 Å². The summed E-state index contributed by atoms with van der Waals surface area (Å²) >= 11 is 7.23. The summed E-state index contributed by atoms with van der Waals surface area (Å²) in [5.74, 6) is 0.381. The van der Waals surface area contributed by atoms with Crippen molar-refractivity contribution in [2.75, 3.05) is 5.32 Å². The fourth-order valence-corrected chi connectivity index (χ4v) is 3.17. The van der Waals surface area contributed by atoms with E-state index < -0.39 is 0 Å². The largest absolute Gasteiger partial charge is 0.440 e. The molecule has 0 saturated carbocycles. The third-order valence-electron chi connectivity index (χ3n) is 3.34. The van der Waals surface area contributed by atoms with Crippen molar-refractivity contribution in [1.82, 2.24) is 9.38 Å². The molecule has 0 bridgehead atoms. The van der Waals surface area contributed by atoms with Crippen molar-refractivity contribution >= 4 is 39.6 Å². The number of carbonyl (C=O) groups is 1. The zero-order valence-corrected chi connectivity index (χ0v) is 13.3. The summed E-state index contributed by atoms with van der Waals surface area (Å²) in [6, 6.07) is 12.8. The summed E-state index contributed by atoms with van der Waals surface area (Å²) in [6.45, 7) is 0. The maximum atomic E-state index is 12.4. The number of amides is 1. The van der Waals surface area contributed by atoms with Crippen molar-refractivity contribution in [1.29, 1.82) is 0 Å². The molecule has 1 N–H and O–H groups in total. The van der Waals surface area contributed by atoms with E-state index in [2.05, 4.69) is 10.3 Å². The Morgan fingerprint density at radius 3 is 2.78 bits per heavy atom. The maximum Gasteiger partial charge on any atom is 0.292 e. The molecule has 0 fully saturated rings. The van der Waals surface area contributed by atoms with E-state index in [1.54, 1.807) is 0 Å². The molecule has 4 rings (SSSR count). The molecular weight excluding hydrogens is 334 g/mol. The first kappa shape index (κ1) is 14.0. The summed E-state index contributed by atoms with van der Waals surface area (Å²) in [7, 11) is 0. The number of anilines is 1. The van der Waals surface area contributed by atoms with E-state index in [9.17, 15) is 4.79 Å². The molecule has 3 heterocycles. The molecule has 3 aromatic heterocycles. The van der Waals surface area contributed by atoms with Gasteiger partial charge in [-0.2, -0.15) is 0 Å². The van der Waals surface area contributed by atoms with Gasteiger partial charge >= 0.3 is 0 Å². The number of nitrogens with zero attached hydrogens (tertiary/aromatic N) is 2. The topological polar surface area (TPSA) is 59.5 Å². The van der Waals surface area contributed by atoms with Gasteiger partial charge in [0.15, 0.2) is 15.9 Å². The van der Waals surface area contributed by atoms with Crippen LogP contribution in [-0.2, 0) is 0 Å². The van der Waals surface area contributed by atoms with Crippen LogP contribution in [-0.4, -0.2) is 15.3 Å². The van der Waals surface area contributed by atoms with Crippen molar-refractivity contribution in [3.8, 4) is 11.3 Å². The van der Waals surface area contributed by atoms with Crippen LogP contribution in [0.4, 0.5) is 5.82 Å². The quantitative estimate of drug-likeness (QED) is 0.593. The summed E-state index contributed by atoms with van der Waals surface area (Å²) in [6.07, 6.45) is 1.87. The van der Waals surface area contributed by atoms with Gasteiger partial charge in [0.1, 0.15) is 11.5 Å². The first-order chi connectivity index (χ1) is 11.2. The number of hydrogen-bond donors (Lipinski definition) is 1. The van der Waals surface area contributed by atoms with Gasteiger partial charge in [0.2, 0.25) is 0 Å². The Hall–Kier alpha value is -2.57. The standard InChI is InChI=1S/C16H10ClN3O2S/c17-12-7-6-11(22-12)15(21)19-14-13(10-4-2-1-3-5-10)18-16-20(14)8-9-23-16/h1-9H,(H,19,21). The van der Waals surface area contributed by atoms with Crippen molar-refractivity contribution in [2.24, 2.45) is 0 Å². The van der Waals surface area contributed by atoms with Gasteiger partial charge in [0, 0.05) is 17.1 Å². The fraction of sp³-hybridized carbons (Fsp3) is 0. The Balaban J connectivity index is 1.79. The molecule has 0 radical (unpaired) electrons. The van der Waals surface area contributed by atoms with E-state index in [0.717, 1.165) is 10.5 Å². The number of halogens is 1. The predicted molar refractivity (Wildman–Crippen MR) is 90.2 cm³/mol. The van der Waals surface area contributed by atoms with Gasteiger partial charge in [-0.3, -0.25) is 9.20 Å². The second-order valence-electron chi connectivity index (χ2n) is 4.79. The van der Waals surface area contributed by atoms with Crippen LogP contribution >= 0.6 is 22.9 Å². The van der Waals surface area contributed by atoms with Gasteiger partial charge in [-0.15, -0.1) is 11.3 Å². The van der Waals surface area contributed by atoms with E-state index in [0.29, 0.717) is 11.5 Å². The molecule has 1 aromatic carbocycles. The Morgan fingerprint density at radius 1 is 1.22 bits per heavy atom. The van der Waals surface area contributed by atoms with E-state index in [1.807, 2.05) is 46.3 Å². The normalized spacial score (nSPS) is 11.0. The highest BCUT2D eigenvalue weighted by Crippen LogP contribution is 2.31. The smallest absolute Gasteiger partial charge is 0.292 e. The summed E-state index contributed by atoms with van der Waals surface area (Å²) in [5, 5.41) is 4.95. The van der Waals surface area contributed by atoms with Crippen molar-refractivity contribution in [2.45, 2.75) is 0 Å². The number of benzene rings is 1. The Kier molecular flexibility index (Phi) is 3.40. The SMILES string of the molecule is O=C(Nc1c(-c2ccccc2)nc2sccn12)c1ccc(Cl)o1. The van der Waals surface area contributed by atoms with Crippen LogP contribution in [0.2, 0.25) is 5.22 Å². The van der Waals surface area contributed by atoms with Crippen LogP contribution in [0, 0.1) is 0 Å². The Morgan fingerprint density at radius 2 is 2.04 bits per heavy atom. The molecule has 23 heavy (non-hydrogen) atoms. The van der Waals surface area contributed by atoms with Crippen LogP contribution in [0.3, 0.4) is 0 Å². The minimum atomic E-state index is -0.373. The van der Waals surface area contributed by atoms with Crippen molar-refractivity contribution in [3.63, 3.8) is 0 Å². The number of imidazole rings is 1. The van der Waals surface area contributed by atoms with Gasteiger partial charge in [-0.25, -0.2) is 4.98 Å². The second-order valence-corrected chi connectivity index (χ2v) is 6.03. The monoisotopic (exact) mass is 343 g/mol. The molecule has 5 nitrogen and oxygen atoms in total. The number of nitrogens with one attached hydrogen (secondary N) is 1. The number of furan rings is 1. The molecule has 0 aliphatic rings. The van der Waals surface area contributed by atoms with Gasteiger partial charge in [0.25, 0.3) is 5.91 Å². The number of carbonyl (C=O) groups excluding carboxylic acids is 1. The van der Waals surface area contributed by atoms with Crippen molar-refractivity contribution < 1.29 is 9.21 Å². The lowest BCUT2D eigenvalue weighted by Crippen LogP contribution is -2.13. The molecule has 0 atom stereocenters. The Bertz CT molecular complexity index is 987. The third kappa shape index (κ3) is 2.52. The molecule has 7 heteroatoms. The van der Waals surface area contributed by atoms with Gasteiger partial charge in [0.05, 0.1) is 0 Å². The number of fused-ring (bicyclic) bond motifs is 1. The first-order valence-corrected chi connectivity index (χ1v) is 8.06. The average molecular weight is 344 g/mol. The fourth-order valence-electron chi connectivity index (χ4n) is 2.31. The highest BCUT2D eigenvalue weighted by molar-refractivity contribution is 7.15. The second kappa shape index (κ2) is 5.57. The molecule has 0 unspecified atom stereocenters. The minimum absolute atomic E-state index is 0.152. The van der Waals surface area contributed by atoms with Gasteiger partial charge < -0.3 is 9.73 Å². The van der Waals surface area contributed by atoms with Crippen LogP contribution in [0.15, 0.2) is 58.5 Å². The molecule has 4 aromatic rings. The lowest BCUT2D eigenvalue weighted by Gasteiger charge is -2.05. The zero-order chi connectivity index (χ0) is 15.8. The summed E-state index contributed by atoms with van der Waals surface area (Å²) in [4.78, 5) is 17.8. The third-order valence-corrected chi connectivity index (χ3v) is 4.30. The number of hydrogen-bond acceptors (Lipinski definition) is 4. The minimum Gasteiger partial charge on any atom is -0.440 e. The molecule has 0 saturated heterocycles.